The molecule has 1 amide bonds. The molecule has 1 heterocycles. The summed E-state index contributed by atoms with van der Waals surface area (Å²) >= 11 is 0. The van der Waals surface area contributed by atoms with E-state index in [-0.39, 0.29) is 18.3 Å². The number of hydrogen-bond acceptors (Lipinski definition) is 5. The molecular weight excluding hydrogens is 356 g/mol. The van der Waals surface area contributed by atoms with Crippen LogP contribution in [0.3, 0.4) is 0 Å². The van der Waals surface area contributed by atoms with Crippen molar-refractivity contribution in [3.05, 3.63) is 29.8 Å². The molecule has 1 aliphatic heterocycles. The first-order valence-electron chi connectivity index (χ1n) is 8.84. The van der Waals surface area contributed by atoms with Crippen LogP contribution in [-0.4, -0.2) is 55.0 Å². The highest BCUT2D eigenvalue weighted by Crippen LogP contribution is 2.34. The number of methoxy groups -OCH3 is 1. The summed E-state index contributed by atoms with van der Waals surface area (Å²) in [5, 5.41) is 10.1. The molecule has 7 nitrogen and oxygen atoms in total. The number of ether oxygens (including phenoxy) is 1. The van der Waals surface area contributed by atoms with Crippen molar-refractivity contribution in [2.45, 2.75) is 39.0 Å². The van der Waals surface area contributed by atoms with Crippen LogP contribution in [0.1, 0.15) is 44.6 Å². The molecule has 0 atom stereocenters. The number of rotatable bonds is 7. The first kappa shape index (κ1) is 20.7. The Morgan fingerprint density at radius 2 is 1.92 bits per heavy atom. The Morgan fingerprint density at radius 3 is 2.50 bits per heavy atom. The molecule has 1 saturated heterocycles. The van der Waals surface area contributed by atoms with E-state index in [1.165, 1.54) is 4.31 Å². The molecule has 1 fully saturated rings. The van der Waals surface area contributed by atoms with Crippen LogP contribution in [0.2, 0.25) is 0 Å². The lowest BCUT2D eigenvalue weighted by Gasteiger charge is -2.32. The lowest BCUT2D eigenvalue weighted by Crippen LogP contribution is -2.44. The van der Waals surface area contributed by atoms with Crippen LogP contribution in [0, 0.1) is 5.92 Å². The van der Waals surface area contributed by atoms with E-state index in [0.717, 1.165) is 11.3 Å². The summed E-state index contributed by atoms with van der Waals surface area (Å²) in [5.74, 6) is -0.179. The summed E-state index contributed by atoms with van der Waals surface area (Å²) in [6.07, 6.45) is 1.46. The Labute approximate surface area is 155 Å². The van der Waals surface area contributed by atoms with Gasteiger partial charge in [-0.15, -0.1) is 0 Å². The second kappa shape index (κ2) is 8.83. The van der Waals surface area contributed by atoms with Gasteiger partial charge >= 0.3 is 0 Å². The van der Waals surface area contributed by atoms with E-state index >= 15 is 0 Å². The zero-order chi connectivity index (χ0) is 19.3. The maximum Gasteiger partial charge on any atom is 0.247 e. The van der Waals surface area contributed by atoms with Crippen LogP contribution >= 0.6 is 0 Å². The fourth-order valence-electron chi connectivity index (χ4n) is 3.21. The van der Waals surface area contributed by atoms with E-state index in [4.69, 9.17) is 4.74 Å². The van der Waals surface area contributed by atoms with E-state index in [1.54, 1.807) is 7.11 Å². The van der Waals surface area contributed by atoms with E-state index in [9.17, 15) is 18.4 Å². The van der Waals surface area contributed by atoms with Gasteiger partial charge < -0.3 is 4.74 Å². The number of carbonyl (C=O) groups excluding carboxylic acids is 1. The van der Waals surface area contributed by atoms with Gasteiger partial charge in [0.1, 0.15) is 5.75 Å². The molecule has 1 aliphatic rings. The Hall–Kier alpha value is -1.64. The molecule has 1 aromatic rings. The molecule has 0 unspecified atom stereocenters. The number of hydroxylamine groups is 2. The van der Waals surface area contributed by atoms with Crippen molar-refractivity contribution in [1.29, 1.82) is 0 Å². The van der Waals surface area contributed by atoms with Gasteiger partial charge in [-0.25, -0.2) is 17.8 Å². The lowest BCUT2D eigenvalue weighted by molar-refractivity contribution is -0.162. The van der Waals surface area contributed by atoms with Crippen LogP contribution in [0.4, 0.5) is 0 Å². The molecule has 146 valence electrons. The summed E-state index contributed by atoms with van der Waals surface area (Å²) in [4.78, 5) is 11.8. The minimum atomic E-state index is -3.73. The van der Waals surface area contributed by atoms with Crippen LogP contribution in [-0.2, 0) is 14.8 Å². The molecular formula is C18H28N2O5S. The van der Waals surface area contributed by atoms with Crippen molar-refractivity contribution in [2.24, 2.45) is 5.92 Å². The monoisotopic (exact) mass is 384 g/mol. The molecule has 0 aromatic heterocycles. The highest BCUT2D eigenvalue weighted by Gasteiger charge is 2.32. The Kier molecular flexibility index (Phi) is 7.02. The fraction of sp³-hybridized carbons (Fsp3) is 0.611. The third-order valence-electron chi connectivity index (χ3n) is 4.58. The maximum atomic E-state index is 12.5. The highest BCUT2D eigenvalue weighted by molar-refractivity contribution is 7.89. The number of carbonyl (C=O) groups is 1. The summed E-state index contributed by atoms with van der Waals surface area (Å²) in [6.45, 7) is 4.39. The lowest BCUT2D eigenvalue weighted by atomic mass is 9.89. The van der Waals surface area contributed by atoms with Crippen LogP contribution < -0.4 is 4.74 Å². The molecule has 1 N–H and O–H groups in total. The van der Waals surface area contributed by atoms with Gasteiger partial charge in [0, 0.05) is 19.5 Å². The molecule has 0 saturated carbocycles. The third-order valence-corrected chi connectivity index (χ3v) is 6.31. The zero-order valence-electron chi connectivity index (χ0n) is 15.6. The minimum absolute atomic E-state index is 0.0523. The average molecular weight is 384 g/mol. The summed E-state index contributed by atoms with van der Waals surface area (Å²) in [6, 6.07) is 7.77. The van der Waals surface area contributed by atoms with Crippen molar-refractivity contribution in [3.63, 3.8) is 0 Å². The van der Waals surface area contributed by atoms with Gasteiger partial charge in [0.15, 0.2) is 5.88 Å². The molecule has 0 aliphatic carbocycles. The van der Waals surface area contributed by atoms with Gasteiger partial charge in [-0.2, -0.15) is 0 Å². The molecule has 2 rings (SSSR count). The number of piperidine rings is 1. The van der Waals surface area contributed by atoms with Gasteiger partial charge in [0.25, 0.3) is 0 Å². The number of sulfonamides is 1. The van der Waals surface area contributed by atoms with Gasteiger partial charge in [0.2, 0.25) is 15.9 Å². The third kappa shape index (κ3) is 5.18. The molecule has 0 spiro atoms. The number of benzene rings is 1. The first-order valence-corrected chi connectivity index (χ1v) is 10.5. The van der Waals surface area contributed by atoms with Gasteiger partial charge in [-0.1, -0.05) is 32.0 Å². The topological polar surface area (TPSA) is 87.2 Å². The summed E-state index contributed by atoms with van der Waals surface area (Å²) in [7, 11) is -2.10. The number of nitrogens with zero attached hydrogens (tertiary/aromatic N) is 2. The number of hydrogen-bond donors (Lipinski definition) is 1. The van der Waals surface area contributed by atoms with Crippen LogP contribution in [0.15, 0.2) is 24.3 Å². The smallest absolute Gasteiger partial charge is 0.247 e. The average Bonchev–Trinajstić information content (AvgIpc) is 2.60. The number of amides is 1. The van der Waals surface area contributed by atoms with Crippen molar-refractivity contribution < 1.29 is 23.2 Å². The predicted octanol–water partition coefficient (Wildman–Crippen LogP) is 2.43. The zero-order valence-corrected chi connectivity index (χ0v) is 16.4. The van der Waals surface area contributed by atoms with E-state index in [1.807, 2.05) is 38.1 Å². The number of para-hydroxylation sites is 1. The van der Waals surface area contributed by atoms with Crippen LogP contribution in [0.5, 0.6) is 5.75 Å². The predicted molar refractivity (Wildman–Crippen MR) is 98.4 cm³/mol. The minimum Gasteiger partial charge on any atom is -0.496 e. The highest BCUT2D eigenvalue weighted by atomic mass is 32.2. The largest absolute Gasteiger partial charge is 0.496 e. The van der Waals surface area contributed by atoms with E-state index in [0.29, 0.717) is 31.0 Å². The van der Waals surface area contributed by atoms with E-state index < -0.39 is 21.8 Å². The van der Waals surface area contributed by atoms with Gasteiger partial charge in [-0.05, 0) is 36.3 Å². The second-order valence-corrected chi connectivity index (χ2v) is 8.99. The summed E-state index contributed by atoms with van der Waals surface area (Å²) < 4.78 is 31.7. The Balaban J connectivity index is 1.97. The quantitative estimate of drug-likeness (QED) is 0.576. The normalized spacial score (nSPS) is 16.7. The van der Waals surface area contributed by atoms with Gasteiger partial charge in [0.05, 0.1) is 7.11 Å². The Bertz CT molecular complexity index is 712. The van der Waals surface area contributed by atoms with E-state index in [2.05, 4.69) is 0 Å². The Morgan fingerprint density at radius 1 is 1.31 bits per heavy atom. The van der Waals surface area contributed by atoms with Crippen molar-refractivity contribution in [1.82, 2.24) is 9.37 Å². The SMILES string of the molecule is COc1ccccc1C1CCN(S(=O)(=O)CN(O)C(=O)CC(C)C)CC1. The van der Waals surface area contributed by atoms with Gasteiger partial charge in [-0.3, -0.25) is 10.0 Å². The molecule has 1 aromatic carbocycles. The standard InChI is InChI=1S/C18H28N2O5S/c1-14(2)12-18(21)20(22)13-26(23,24)19-10-8-15(9-11-19)16-6-4-5-7-17(16)25-3/h4-7,14-15,22H,8-13H2,1-3H3. The molecule has 0 radical (unpaired) electrons. The van der Waals surface area contributed by atoms with Crippen molar-refractivity contribution in [3.8, 4) is 5.75 Å². The first-order chi connectivity index (χ1) is 12.2. The van der Waals surface area contributed by atoms with Crippen molar-refractivity contribution in [2.75, 3.05) is 26.1 Å². The second-order valence-electron chi connectivity index (χ2n) is 7.05. The maximum absolute atomic E-state index is 12.5. The fourth-order valence-corrected chi connectivity index (χ4v) is 4.59. The van der Waals surface area contributed by atoms with Crippen LogP contribution in [0.25, 0.3) is 0 Å². The molecule has 26 heavy (non-hydrogen) atoms. The van der Waals surface area contributed by atoms with Crippen molar-refractivity contribution >= 4 is 15.9 Å². The molecule has 8 heteroatoms. The molecule has 0 bridgehead atoms. The summed E-state index contributed by atoms with van der Waals surface area (Å²) in [5.41, 5.74) is 1.09.